The quantitative estimate of drug-likeness (QED) is 0.233. The minimum atomic E-state index is -3.24. The van der Waals surface area contributed by atoms with Gasteiger partial charge in [-0.05, 0) is 62.5 Å². The summed E-state index contributed by atoms with van der Waals surface area (Å²) in [6, 6.07) is 4.89. The van der Waals surface area contributed by atoms with Gasteiger partial charge in [-0.1, -0.05) is 0 Å². The lowest BCUT2D eigenvalue weighted by Gasteiger charge is -2.27. The Morgan fingerprint density at radius 1 is 1.11 bits per heavy atom. The molecule has 6 rings (SSSR count). The summed E-state index contributed by atoms with van der Waals surface area (Å²) in [7, 11) is 2.04. The third kappa shape index (κ3) is 6.29. The van der Waals surface area contributed by atoms with E-state index in [2.05, 4.69) is 50.3 Å². The number of carbonyl (C=O) groups is 1. The smallest absolute Gasteiger partial charge is 0.387 e. The highest BCUT2D eigenvalue weighted by Crippen LogP contribution is 2.38. The van der Waals surface area contributed by atoms with Gasteiger partial charge in [0.2, 0.25) is 0 Å². The second kappa shape index (κ2) is 12.2. The Morgan fingerprint density at radius 3 is 2.68 bits per heavy atom. The molecule has 44 heavy (non-hydrogen) atoms. The Kier molecular flexibility index (Phi) is 8.05. The normalized spacial score (nSPS) is 14.5. The van der Waals surface area contributed by atoms with E-state index in [0.717, 1.165) is 44.1 Å². The second-order valence-electron chi connectivity index (χ2n) is 9.96. The SMILES string of the molecule is CN1CCC(n2nnc(Cn3cc(NC(=O)c4cnn5cccnc45)c(-c4cc(OC(F)F)ccc4OC(F)F)n3)n2)CC1. The average molecular weight is 616 g/mol. The van der Waals surface area contributed by atoms with Gasteiger partial charge in [0.25, 0.3) is 5.91 Å². The van der Waals surface area contributed by atoms with Crippen molar-refractivity contribution in [3.63, 3.8) is 0 Å². The minimum absolute atomic E-state index is 0.00791. The van der Waals surface area contributed by atoms with Gasteiger partial charge in [-0.2, -0.15) is 32.6 Å². The molecule has 0 unspecified atom stereocenters. The first-order chi connectivity index (χ1) is 21.2. The van der Waals surface area contributed by atoms with Gasteiger partial charge in [0.1, 0.15) is 29.3 Å². The number of ether oxygens (including phenoxy) is 2. The number of anilines is 1. The van der Waals surface area contributed by atoms with E-state index >= 15 is 0 Å². The summed E-state index contributed by atoms with van der Waals surface area (Å²) in [6.45, 7) is -4.63. The fourth-order valence-corrected chi connectivity index (χ4v) is 4.88. The number of carbonyl (C=O) groups excluding carboxylic acids is 1. The van der Waals surface area contributed by atoms with Gasteiger partial charge in [-0.3, -0.25) is 9.48 Å². The lowest BCUT2D eigenvalue weighted by atomic mass is 10.1. The molecule has 230 valence electrons. The lowest BCUT2D eigenvalue weighted by Crippen LogP contribution is -2.32. The van der Waals surface area contributed by atoms with Crippen molar-refractivity contribution in [2.24, 2.45) is 0 Å². The minimum Gasteiger partial charge on any atom is -0.435 e. The van der Waals surface area contributed by atoms with E-state index in [9.17, 15) is 22.4 Å². The van der Waals surface area contributed by atoms with Crippen LogP contribution in [0, 0.1) is 0 Å². The largest absolute Gasteiger partial charge is 0.435 e. The number of piperidine rings is 1. The number of amides is 1. The number of benzene rings is 1. The van der Waals surface area contributed by atoms with Crippen molar-refractivity contribution >= 4 is 17.2 Å². The van der Waals surface area contributed by atoms with Crippen LogP contribution in [0.3, 0.4) is 0 Å². The number of halogens is 4. The van der Waals surface area contributed by atoms with Crippen molar-refractivity contribution in [2.75, 3.05) is 25.5 Å². The van der Waals surface area contributed by atoms with Crippen LogP contribution in [-0.2, 0) is 6.54 Å². The first-order valence-electron chi connectivity index (χ1n) is 13.4. The summed E-state index contributed by atoms with van der Waals surface area (Å²) in [6.07, 6.45) is 7.56. The van der Waals surface area contributed by atoms with Crippen LogP contribution in [-0.4, -0.2) is 88.8 Å². The Bertz CT molecular complexity index is 1760. The number of nitrogens with one attached hydrogen (secondary N) is 1. The van der Waals surface area contributed by atoms with E-state index in [-0.39, 0.29) is 52.2 Å². The molecular formula is C26H25F4N11O3. The molecule has 1 aliphatic heterocycles. The van der Waals surface area contributed by atoms with E-state index in [1.54, 1.807) is 17.1 Å². The Labute approximate surface area is 246 Å². The molecule has 1 N–H and O–H groups in total. The highest BCUT2D eigenvalue weighted by Gasteiger charge is 2.24. The molecule has 1 aromatic carbocycles. The third-order valence-electron chi connectivity index (χ3n) is 6.97. The molecule has 5 heterocycles. The molecule has 0 aliphatic carbocycles. The zero-order valence-electron chi connectivity index (χ0n) is 23.1. The second-order valence-corrected chi connectivity index (χ2v) is 9.96. The first kappa shape index (κ1) is 29.0. The number of alkyl halides is 4. The zero-order valence-corrected chi connectivity index (χ0v) is 23.1. The molecule has 0 spiro atoms. The lowest BCUT2D eigenvalue weighted by molar-refractivity contribution is -0.0526. The highest BCUT2D eigenvalue weighted by atomic mass is 19.3. The summed E-state index contributed by atoms with van der Waals surface area (Å²) < 4.78 is 64.6. The van der Waals surface area contributed by atoms with E-state index in [0.29, 0.717) is 5.82 Å². The number of nitrogens with zero attached hydrogens (tertiary/aromatic N) is 10. The van der Waals surface area contributed by atoms with E-state index in [1.807, 2.05) is 7.05 Å². The topological polar surface area (TPSA) is 142 Å². The van der Waals surface area contributed by atoms with Crippen LogP contribution >= 0.6 is 0 Å². The van der Waals surface area contributed by atoms with Gasteiger partial charge in [0.05, 0.1) is 23.5 Å². The van der Waals surface area contributed by atoms with Gasteiger partial charge in [-0.25, -0.2) is 9.50 Å². The Balaban J connectivity index is 1.36. The summed E-state index contributed by atoms with van der Waals surface area (Å²) in [5.74, 6) is -1.05. The zero-order chi connectivity index (χ0) is 30.8. The number of likely N-dealkylation sites (tertiary alicyclic amines) is 1. The standard InChI is InChI=1S/C26H25F4N11O3/c1-38-9-5-15(6-10-38)41-35-21(34-37-41)14-39-13-19(33-24(42)18-12-32-40-8-2-7-31-23(18)40)22(36-39)17-11-16(43-25(27)28)3-4-20(17)44-26(29)30/h2-4,7-8,11-13,15,25-26H,5-6,9-10,14H2,1H3,(H,33,42). The van der Waals surface area contributed by atoms with Crippen LogP contribution in [0.2, 0.25) is 0 Å². The van der Waals surface area contributed by atoms with Crippen molar-refractivity contribution in [1.29, 1.82) is 0 Å². The molecule has 1 fully saturated rings. The summed E-state index contributed by atoms with van der Waals surface area (Å²) >= 11 is 0. The Morgan fingerprint density at radius 2 is 1.91 bits per heavy atom. The highest BCUT2D eigenvalue weighted by molar-refractivity contribution is 6.09. The maximum atomic E-state index is 13.4. The summed E-state index contributed by atoms with van der Waals surface area (Å²) in [4.78, 5) is 21.3. The number of hydrogen-bond acceptors (Lipinski definition) is 10. The molecule has 4 aromatic heterocycles. The summed E-state index contributed by atoms with van der Waals surface area (Å²) in [5.41, 5.74) is 0.217. The maximum Gasteiger partial charge on any atom is 0.387 e. The molecule has 0 atom stereocenters. The monoisotopic (exact) mass is 615 g/mol. The number of fused-ring (bicyclic) bond motifs is 1. The average Bonchev–Trinajstić information content (AvgIpc) is 3.73. The summed E-state index contributed by atoms with van der Waals surface area (Å²) in [5, 5.41) is 24.1. The molecule has 0 bridgehead atoms. The number of hydrogen-bond donors (Lipinski definition) is 1. The van der Waals surface area contributed by atoms with Crippen molar-refractivity contribution in [3.8, 4) is 22.8 Å². The number of rotatable bonds is 10. The van der Waals surface area contributed by atoms with E-state index in [1.165, 1.54) is 27.8 Å². The van der Waals surface area contributed by atoms with Crippen molar-refractivity contribution in [2.45, 2.75) is 38.7 Å². The van der Waals surface area contributed by atoms with Crippen LogP contribution in [0.1, 0.15) is 35.1 Å². The van der Waals surface area contributed by atoms with Crippen LogP contribution in [0.25, 0.3) is 16.9 Å². The van der Waals surface area contributed by atoms with Crippen molar-refractivity contribution in [3.05, 3.63) is 60.4 Å². The first-order valence-corrected chi connectivity index (χ1v) is 13.4. The predicted octanol–water partition coefficient (Wildman–Crippen LogP) is 3.35. The third-order valence-corrected chi connectivity index (χ3v) is 6.97. The molecule has 5 aromatic rings. The maximum absolute atomic E-state index is 13.4. The van der Waals surface area contributed by atoms with Crippen LogP contribution in [0.15, 0.2) is 49.1 Å². The van der Waals surface area contributed by atoms with Gasteiger partial charge < -0.3 is 19.7 Å². The van der Waals surface area contributed by atoms with Gasteiger partial charge in [-0.15, -0.1) is 10.2 Å². The van der Waals surface area contributed by atoms with E-state index < -0.39 is 19.1 Å². The van der Waals surface area contributed by atoms with Crippen LogP contribution in [0.5, 0.6) is 11.5 Å². The molecule has 1 saturated heterocycles. The van der Waals surface area contributed by atoms with Gasteiger partial charge in [0, 0.05) is 18.6 Å². The predicted molar refractivity (Wildman–Crippen MR) is 145 cm³/mol. The van der Waals surface area contributed by atoms with Crippen molar-refractivity contribution in [1.82, 2.24) is 49.5 Å². The van der Waals surface area contributed by atoms with Gasteiger partial charge >= 0.3 is 13.2 Å². The van der Waals surface area contributed by atoms with E-state index in [4.69, 9.17) is 0 Å². The molecular weight excluding hydrogens is 590 g/mol. The van der Waals surface area contributed by atoms with Crippen LogP contribution in [0.4, 0.5) is 23.2 Å². The fraction of sp³-hybridized carbons (Fsp3) is 0.346. The fourth-order valence-electron chi connectivity index (χ4n) is 4.88. The van der Waals surface area contributed by atoms with Crippen LogP contribution < -0.4 is 14.8 Å². The number of aromatic nitrogens is 9. The van der Waals surface area contributed by atoms with Crippen molar-refractivity contribution < 1.29 is 31.8 Å². The molecule has 0 radical (unpaired) electrons. The molecule has 1 amide bonds. The molecule has 1 aliphatic rings. The Hall–Kier alpha value is -5.13. The van der Waals surface area contributed by atoms with Gasteiger partial charge in [0.15, 0.2) is 11.5 Å². The number of tetrazole rings is 1. The molecule has 0 saturated carbocycles. The molecule has 18 heteroatoms. The molecule has 14 nitrogen and oxygen atoms in total.